The molecule has 1 aliphatic rings. The molecule has 98 valence electrons. The van der Waals surface area contributed by atoms with Crippen LogP contribution in [0.3, 0.4) is 0 Å². The quantitative estimate of drug-likeness (QED) is 0.890. The van der Waals surface area contributed by atoms with E-state index in [0.29, 0.717) is 32.1 Å². The summed E-state index contributed by atoms with van der Waals surface area (Å²) >= 11 is 3.26. The van der Waals surface area contributed by atoms with E-state index in [4.69, 9.17) is 4.74 Å². The standard InChI is InChI=1S/C11H15BrN4O2/c1-8-7-18-3-2-16(8)11(17)15-6-10-13-4-9(12)5-14-10/h4-5,8H,2-3,6-7H2,1H3,(H,15,17)/t8-/m1/s1. The summed E-state index contributed by atoms with van der Waals surface area (Å²) in [7, 11) is 0. The Bertz CT molecular complexity index is 412. The first-order valence-corrected chi connectivity index (χ1v) is 6.55. The van der Waals surface area contributed by atoms with Crippen molar-refractivity contribution in [2.45, 2.75) is 19.5 Å². The molecule has 1 fully saturated rings. The van der Waals surface area contributed by atoms with Crippen molar-refractivity contribution in [1.82, 2.24) is 20.2 Å². The van der Waals surface area contributed by atoms with Gasteiger partial charge in [0.15, 0.2) is 0 Å². The lowest BCUT2D eigenvalue weighted by atomic mass is 10.3. The Morgan fingerprint density at radius 1 is 1.61 bits per heavy atom. The minimum Gasteiger partial charge on any atom is -0.377 e. The monoisotopic (exact) mass is 314 g/mol. The summed E-state index contributed by atoms with van der Waals surface area (Å²) in [5, 5.41) is 2.81. The van der Waals surface area contributed by atoms with Crippen LogP contribution in [-0.2, 0) is 11.3 Å². The minimum absolute atomic E-state index is 0.0997. The molecule has 0 saturated carbocycles. The molecule has 1 aromatic heterocycles. The Labute approximate surface area is 114 Å². The van der Waals surface area contributed by atoms with Crippen molar-refractivity contribution in [3.8, 4) is 0 Å². The number of carbonyl (C=O) groups excluding carboxylic acids is 1. The lowest BCUT2D eigenvalue weighted by Gasteiger charge is -2.33. The smallest absolute Gasteiger partial charge is 0.318 e. The van der Waals surface area contributed by atoms with Crippen molar-refractivity contribution in [1.29, 1.82) is 0 Å². The second-order valence-electron chi connectivity index (χ2n) is 4.09. The lowest BCUT2D eigenvalue weighted by Crippen LogP contribution is -2.51. The molecule has 2 rings (SSSR count). The zero-order valence-electron chi connectivity index (χ0n) is 10.1. The fourth-order valence-corrected chi connectivity index (χ4v) is 1.92. The Hall–Kier alpha value is -1.21. The number of halogens is 1. The van der Waals surface area contributed by atoms with E-state index in [1.165, 1.54) is 0 Å². The maximum absolute atomic E-state index is 11.9. The zero-order chi connectivity index (χ0) is 13.0. The Kier molecular flexibility index (Phi) is 4.48. The second-order valence-corrected chi connectivity index (χ2v) is 5.01. The first-order valence-electron chi connectivity index (χ1n) is 5.75. The molecule has 0 spiro atoms. The number of hydrogen-bond donors (Lipinski definition) is 1. The third kappa shape index (κ3) is 3.39. The van der Waals surface area contributed by atoms with E-state index in [2.05, 4.69) is 31.2 Å². The predicted molar refractivity (Wildman–Crippen MR) is 69.0 cm³/mol. The van der Waals surface area contributed by atoms with Crippen molar-refractivity contribution < 1.29 is 9.53 Å². The molecule has 0 radical (unpaired) electrons. The molecule has 7 heteroatoms. The Balaban J connectivity index is 1.85. The van der Waals surface area contributed by atoms with E-state index in [1.54, 1.807) is 17.3 Å². The number of aromatic nitrogens is 2. The number of ether oxygens (including phenoxy) is 1. The summed E-state index contributed by atoms with van der Waals surface area (Å²) in [6.07, 6.45) is 3.32. The largest absolute Gasteiger partial charge is 0.377 e. The van der Waals surface area contributed by atoms with Crippen LogP contribution < -0.4 is 5.32 Å². The van der Waals surface area contributed by atoms with Crippen LogP contribution in [0.5, 0.6) is 0 Å². The van der Waals surface area contributed by atoms with E-state index in [1.807, 2.05) is 6.92 Å². The van der Waals surface area contributed by atoms with Crippen LogP contribution in [0, 0.1) is 0 Å². The van der Waals surface area contributed by atoms with E-state index in [9.17, 15) is 4.79 Å². The maximum atomic E-state index is 11.9. The van der Waals surface area contributed by atoms with Gasteiger partial charge in [-0.25, -0.2) is 14.8 Å². The molecule has 2 amide bonds. The molecular weight excluding hydrogens is 300 g/mol. The third-order valence-electron chi connectivity index (χ3n) is 2.70. The van der Waals surface area contributed by atoms with E-state index < -0.39 is 0 Å². The number of hydrogen-bond acceptors (Lipinski definition) is 4. The highest BCUT2D eigenvalue weighted by Gasteiger charge is 2.23. The van der Waals surface area contributed by atoms with Crippen LogP contribution >= 0.6 is 15.9 Å². The molecule has 1 aliphatic heterocycles. The molecule has 2 heterocycles. The zero-order valence-corrected chi connectivity index (χ0v) is 11.7. The van der Waals surface area contributed by atoms with Crippen LogP contribution in [0.25, 0.3) is 0 Å². The molecule has 1 saturated heterocycles. The summed E-state index contributed by atoms with van der Waals surface area (Å²) in [6.45, 7) is 4.09. The van der Waals surface area contributed by atoms with E-state index in [-0.39, 0.29) is 12.1 Å². The van der Waals surface area contributed by atoms with Gasteiger partial charge >= 0.3 is 6.03 Å². The Morgan fingerprint density at radius 2 is 2.33 bits per heavy atom. The predicted octanol–water partition coefficient (Wildman–Crippen LogP) is 1.17. The van der Waals surface area contributed by atoms with Gasteiger partial charge in [0, 0.05) is 18.9 Å². The molecule has 0 aliphatic carbocycles. The minimum atomic E-state index is -0.0997. The molecule has 18 heavy (non-hydrogen) atoms. The SMILES string of the molecule is C[C@@H]1COCCN1C(=O)NCc1ncc(Br)cn1. The fourth-order valence-electron chi connectivity index (χ4n) is 1.72. The third-order valence-corrected chi connectivity index (χ3v) is 3.11. The molecular formula is C11H15BrN4O2. The van der Waals surface area contributed by atoms with Crippen molar-refractivity contribution in [2.24, 2.45) is 0 Å². The first-order chi connectivity index (χ1) is 8.66. The highest BCUT2D eigenvalue weighted by atomic mass is 79.9. The number of carbonyl (C=O) groups is 1. The molecule has 0 unspecified atom stereocenters. The normalized spacial score (nSPS) is 19.7. The van der Waals surface area contributed by atoms with Crippen molar-refractivity contribution >= 4 is 22.0 Å². The molecule has 1 N–H and O–H groups in total. The van der Waals surface area contributed by atoms with Gasteiger partial charge in [0.05, 0.1) is 30.3 Å². The van der Waals surface area contributed by atoms with E-state index >= 15 is 0 Å². The summed E-state index contributed by atoms with van der Waals surface area (Å²) in [4.78, 5) is 21.9. The second kappa shape index (κ2) is 6.10. The first kappa shape index (κ1) is 13.2. The highest BCUT2D eigenvalue weighted by Crippen LogP contribution is 2.07. The number of urea groups is 1. The number of morpholine rings is 1. The van der Waals surface area contributed by atoms with Crippen molar-refractivity contribution in [3.63, 3.8) is 0 Å². The van der Waals surface area contributed by atoms with Crippen LogP contribution in [0.1, 0.15) is 12.7 Å². The number of nitrogens with zero attached hydrogens (tertiary/aromatic N) is 3. The van der Waals surface area contributed by atoms with Gasteiger partial charge in [0.25, 0.3) is 0 Å². The van der Waals surface area contributed by atoms with Gasteiger partial charge in [-0.3, -0.25) is 0 Å². The maximum Gasteiger partial charge on any atom is 0.318 e. The molecule has 6 nitrogen and oxygen atoms in total. The average molecular weight is 315 g/mol. The fraction of sp³-hybridized carbons (Fsp3) is 0.545. The number of nitrogens with one attached hydrogen (secondary N) is 1. The Morgan fingerprint density at radius 3 is 3.00 bits per heavy atom. The van der Waals surface area contributed by atoms with Crippen LogP contribution in [-0.4, -0.2) is 46.7 Å². The summed E-state index contributed by atoms with van der Waals surface area (Å²) in [5.41, 5.74) is 0. The van der Waals surface area contributed by atoms with Crippen LogP contribution in [0.4, 0.5) is 4.79 Å². The van der Waals surface area contributed by atoms with Gasteiger partial charge in [-0.15, -0.1) is 0 Å². The van der Waals surface area contributed by atoms with Gasteiger partial charge in [0.1, 0.15) is 5.82 Å². The van der Waals surface area contributed by atoms with Crippen molar-refractivity contribution in [3.05, 3.63) is 22.7 Å². The number of amides is 2. The van der Waals surface area contributed by atoms with Gasteiger partial charge < -0.3 is 15.0 Å². The summed E-state index contributed by atoms with van der Waals surface area (Å²) in [6, 6.07) is 0.00176. The van der Waals surface area contributed by atoms with Crippen LogP contribution in [0.15, 0.2) is 16.9 Å². The van der Waals surface area contributed by atoms with Gasteiger partial charge in [0.2, 0.25) is 0 Å². The average Bonchev–Trinajstić information content (AvgIpc) is 2.38. The topological polar surface area (TPSA) is 67.3 Å². The molecule has 0 aromatic carbocycles. The van der Waals surface area contributed by atoms with Crippen LogP contribution in [0.2, 0.25) is 0 Å². The van der Waals surface area contributed by atoms with Crippen molar-refractivity contribution in [2.75, 3.05) is 19.8 Å². The van der Waals surface area contributed by atoms with Gasteiger partial charge in [-0.2, -0.15) is 0 Å². The summed E-state index contributed by atoms with van der Waals surface area (Å²) in [5.74, 6) is 0.590. The number of rotatable bonds is 2. The molecule has 0 bridgehead atoms. The van der Waals surface area contributed by atoms with Gasteiger partial charge in [-0.1, -0.05) is 0 Å². The highest BCUT2D eigenvalue weighted by molar-refractivity contribution is 9.10. The lowest BCUT2D eigenvalue weighted by molar-refractivity contribution is 0.0189. The molecule has 1 aromatic rings. The van der Waals surface area contributed by atoms with Gasteiger partial charge in [-0.05, 0) is 22.9 Å². The summed E-state index contributed by atoms with van der Waals surface area (Å²) < 4.78 is 6.11. The van der Waals surface area contributed by atoms with E-state index in [0.717, 1.165) is 4.47 Å². The molecule has 1 atom stereocenters.